The first-order chi connectivity index (χ1) is 11.6. The number of anilines is 1. The van der Waals surface area contributed by atoms with Gasteiger partial charge in [0.2, 0.25) is 0 Å². The summed E-state index contributed by atoms with van der Waals surface area (Å²) in [6.07, 6.45) is 1.66. The number of carbonyl (C=O) groups is 1. The van der Waals surface area contributed by atoms with Gasteiger partial charge in [0.05, 0.1) is 24.8 Å². The van der Waals surface area contributed by atoms with Crippen molar-refractivity contribution in [3.05, 3.63) is 46.3 Å². The number of rotatable bonds is 5. The second kappa shape index (κ2) is 7.77. The van der Waals surface area contributed by atoms with Gasteiger partial charge < -0.3 is 15.0 Å². The first-order valence-corrected chi connectivity index (χ1v) is 9.16. The van der Waals surface area contributed by atoms with Crippen LogP contribution in [0.15, 0.2) is 35.8 Å². The molecule has 1 fully saturated rings. The lowest BCUT2D eigenvalue weighted by atomic mass is 10.0. The van der Waals surface area contributed by atoms with Gasteiger partial charge in [-0.1, -0.05) is 19.9 Å². The van der Waals surface area contributed by atoms with Crippen molar-refractivity contribution in [2.75, 3.05) is 31.2 Å². The molecule has 24 heavy (non-hydrogen) atoms. The molecule has 3 rings (SSSR count). The molecule has 1 atom stereocenters. The second-order valence-corrected chi connectivity index (χ2v) is 7.19. The molecule has 2 aromatic rings. The fourth-order valence-corrected chi connectivity index (χ4v) is 3.71. The average molecular weight is 345 g/mol. The van der Waals surface area contributed by atoms with Crippen molar-refractivity contribution in [2.45, 2.75) is 19.9 Å². The Balaban J connectivity index is 1.68. The van der Waals surface area contributed by atoms with Crippen LogP contribution in [0.3, 0.4) is 0 Å². The number of hydrogen-bond donors (Lipinski definition) is 1. The standard InChI is InChI=1S/C18H23N3O2S/c1-13(2)17(15-4-3-11-24-15)20-18(22)14-5-6-16(19-12-14)21-7-9-23-10-8-21/h3-6,11-13,17H,7-10H2,1-2H3,(H,20,22)/t17-/m1/s1. The highest BCUT2D eigenvalue weighted by Gasteiger charge is 2.20. The summed E-state index contributed by atoms with van der Waals surface area (Å²) in [6.45, 7) is 7.36. The fraction of sp³-hybridized carbons (Fsp3) is 0.444. The van der Waals surface area contributed by atoms with Gasteiger partial charge in [-0.2, -0.15) is 0 Å². The third-order valence-corrected chi connectivity index (χ3v) is 5.10. The minimum atomic E-state index is -0.0804. The largest absolute Gasteiger partial charge is 0.378 e. The van der Waals surface area contributed by atoms with Gasteiger partial charge in [-0.3, -0.25) is 4.79 Å². The van der Waals surface area contributed by atoms with Crippen LogP contribution in [0.5, 0.6) is 0 Å². The van der Waals surface area contributed by atoms with Crippen LogP contribution < -0.4 is 10.2 Å². The van der Waals surface area contributed by atoms with Gasteiger partial charge in [0.15, 0.2) is 0 Å². The van der Waals surface area contributed by atoms with E-state index >= 15 is 0 Å². The molecule has 0 aromatic carbocycles. The zero-order valence-corrected chi connectivity index (χ0v) is 14.9. The Labute approximate surface area is 146 Å². The van der Waals surface area contributed by atoms with Gasteiger partial charge >= 0.3 is 0 Å². The van der Waals surface area contributed by atoms with E-state index in [1.807, 2.05) is 23.6 Å². The Kier molecular flexibility index (Phi) is 5.48. The smallest absolute Gasteiger partial charge is 0.253 e. The van der Waals surface area contributed by atoms with Crippen molar-refractivity contribution in [1.29, 1.82) is 0 Å². The summed E-state index contributed by atoms with van der Waals surface area (Å²) in [4.78, 5) is 20.4. The van der Waals surface area contributed by atoms with E-state index in [4.69, 9.17) is 4.74 Å². The molecule has 1 aliphatic heterocycles. The first-order valence-electron chi connectivity index (χ1n) is 8.28. The minimum Gasteiger partial charge on any atom is -0.378 e. The predicted octanol–water partition coefficient (Wildman–Crippen LogP) is 3.11. The van der Waals surface area contributed by atoms with Gasteiger partial charge in [0, 0.05) is 24.2 Å². The maximum absolute atomic E-state index is 12.6. The zero-order valence-electron chi connectivity index (χ0n) is 14.1. The van der Waals surface area contributed by atoms with Crippen LogP contribution in [0.1, 0.15) is 35.1 Å². The molecule has 0 aliphatic carbocycles. The van der Waals surface area contributed by atoms with E-state index < -0.39 is 0 Å². The van der Waals surface area contributed by atoms with E-state index in [1.165, 1.54) is 4.88 Å². The van der Waals surface area contributed by atoms with Crippen molar-refractivity contribution < 1.29 is 9.53 Å². The number of pyridine rings is 1. The van der Waals surface area contributed by atoms with Gasteiger partial charge in [0.25, 0.3) is 5.91 Å². The molecule has 128 valence electrons. The second-order valence-electron chi connectivity index (χ2n) is 6.22. The number of carbonyl (C=O) groups excluding carboxylic acids is 1. The van der Waals surface area contributed by atoms with Gasteiger partial charge in [-0.05, 0) is 29.5 Å². The highest BCUT2D eigenvalue weighted by Crippen LogP contribution is 2.26. The Morgan fingerprint density at radius 2 is 2.08 bits per heavy atom. The van der Waals surface area contributed by atoms with Crippen LogP contribution in [0.2, 0.25) is 0 Å². The number of thiophene rings is 1. The average Bonchev–Trinajstić information content (AvgIpc) is 3.14. The number of morpholine rings is 1. The Morgan fingerprint density at radius 3 is 2.67 bits per heavy atom. The Morgan fingerprint density at radius 1 is 1.29 bits per heavy atom. The number of aromatic nitrogens is 1. The Bertz CT molecular complexity index is 649. The van der Waals surface area contributed by atoms with Gasteiger partial charge in [0.1, 0.15) is 5.82 Å². The molecule has 0 spiro atoms. The molecule has 1 amide bonds. The molecule has 0 saturated carbocycles. The number of ether oxygens (including phenoxy) is 1. The van der Waals surface area contributed by atoms with Crippen LogP contribution in [-0.2, 0) is 4.74 Å². The highest BCUT2D eigenvalue weighted by molar-refractivity contribution is 7.10. The summed E-state index contributed by atoms with van der Waals surface area (Å²) in [5, 5.41) is 5.17. The van der Waals surface area contributed by atoms with E-state index in [9.17, 15) is 4.79 Å². The summed E-state index contributed by atoms with van der Waals surface area (Å²) < 4.78 is 5.35. The predicted molar refractivity (Wildman–Crippen MR) is 96.6 cm³/mol. The molecule has 3 heterocycles. The van der Waals surface area contributed by atoms with Crippen LogP contribution in [0, 0.1) is 5.92 Å². The number of hydrogen-bond acceptors (Lipinski definition) is 5. The summed E-state index contributed by atoms with van der Waals surface area (Å²) in [6, 6.07) is 7.86. The highest BCUT2D eigenvalue weighted by atomic mass is 32.1. The van der Waals surface area contributed by atoms with Gasteiger partial charge in [-0.15, -0.1) is 11.3 Å². The molecule has 0 radical (unpaired) electrons. The monoisotopic (exact) mass is 345 g/mol. The van der Waals surface area contributed by atoms with Crippen molar-refractivity contribution in [1.82, 2.24) is 10.3 Å². The molecule has 0 unspecified atom stereocenters. The molecule has 1 aliphatic rings. The molecule has 0 bridgehead atoms. The van der Waals surface area contributed by atoms with Crippen molar-refractivity contribution in [3.63, 3.8) is 0 Å². The lowest BCUT2D eigenvalue weighted by Crippen LogP contribution is -2.36. The fourth-order valence-electron chi connectivity index (χ4n) is 2.76. The maximum Gasteiger partial charge on any atom is 0.253 e. The number of nitrogens with zero attached hydrogens (tertiary/aromatic N) is 2. The molecule has 1 N–H and O–H groups in total. The molecular formula is C18H23N3O2S. The van der Waals surface area contributed by atoms with Crippen molar-refractivity contribution in [2.24, 2.45) is 5.92 Å². The Hall–Kier alpha value is -1.92. The van der Waals surface area contributed by atoms with Crippen LogP contribution in [0.25, 0.3) is 0 Å². The summed E-state index contributed by atoms with van der Waals surface area (Å²) in [7, 11) is 0. The molecule has 2 aromatic heterocycles. The van der Waals surface area contributed by atoms with Crippen LogP contribution in [0.4, 0.5) is 5.82 Å². The lowest BCUT2D eigenvalue weighted by Gasteiger charge is -2.27. The summed E-state index contributed by atoms with van der Waals surface area (Å²) in [5.41, 5.74) is 0.592. The summed E-state index contributed by atoms with van der Waals surface area (Å²) in [5.74, 6) is 1.14. The molecule has 6 heteroatoms. The lowest BCUT2D eigenvalue weighted by molar-refractivity contribution is 0.0926. The van der Waals surface area contributed by atoms with E-state index in [2.05, 4.69) is 35.1 Å². The molecule has 5 nitrogen and oxygen atoms in total. The quantitative estimate of drug-likeness (QED) is 0.905. The minimum absolute atomic E-state index is 0.0245. The first kappa shape index (κ1) is 16.9. The third kappa shape index (κ3) is 3.94. The topological polar surface area (TPSA) is 54.5 Å². The van der Waals surface area contributed by atoms with Gasteiger partial charge in [-0.25, -0.2) is 4.98 Å². The number of amides is 1. The summed E-state index contributed by atoms with van der Waals surface area (Å²) >= 11 is 1.67. The van der Waals surface area contributed by atoms with Crippen molar-refractivity contribution >= 4 is 23.1 Å². The van der Waals surface area contributed by atoms with E-state index in [-0.39, 0.29) is 11.9 Å². The van der Waals surface area contributed by atoms with Crippen molar-refractivity contribution in [3.8, 4) is 0 Å². The van der Waals surface area contributed by atoms with E-state index in [0.29, 0.717) is 11.5 Å². The normalized spacial score (nSPS) is 16.2. The zero-order chi connectivity index (χ0) is 16.9. The van der Waals surface area contributed by atoms with E-state index in [1.54, 1.807) is 17.5 Å². The van der Waals surface area contributed by atoms with E-state index in [0.717, 1.165) is 32.1 Å². The molecule has 1 saturated heterocycles. The SMILES string of the molecule is CC(C)[C@@H](NC(=O)c1ccc(N2CCOCC2)nc1)c1cccs1. The third-order valence-electron chi connectivity index (χ3n) is 4.15. The molecular weight excluding hydrogens is 322 g/mol. The number of nitrogens with one attached hydrogen (secondary N) is 1. The van der Waals surface area contributed by atoms with Crippen LogP contribution >= 0.6 is 11.3 Å². The maximum atomic E-state index is 12.6. The van der Waals surface area contributed by atoms with Crippen LogP contribution in [-0.4, -0.2) is 37.2 Å².